The third kappa shape index (κ3) is 2.76. The van der Waals surface area contributed by atoms with E-state index in [1.807, 2.05) is 0 Å². The van der Waals surface area contributed by atoms with Crippen LogP contribution in [-0.2, 0) is 4.79 Å². The Bertz CT molecular complexity index is 420. The van der Waals surface area contributed by atoms with Crippen molar-refractivity contribution in [3.63, 3.8) is 0 Å². The Morgan fingerprint density at radius 3 is 1.27 bits per heavy atom. The second kappa shape index (κ2) is 5.85. The van der Waals surface area contributed by atoms with Crippen LogP contribution < -0.4 is 12.4 Å². The summed E-state index contributed by atoms with van der Waals surface area (Å²) in [4.78, 5) is 9.68. The van der Waals surface area contributed by atoms with Gasteiger partial charge in [-0.1, -0.05) is 0 Å². The molecule has 0 bridgehead atoms. The number of halogens is 13. The monoisotopic (exact) mass is 381 g/mol. The third-order valence-electron chi connectivity index (χ3n) is 2.14. The van der Waals surface area contributed by atoms with E-state index < -0.39 is 42.0 Å². The standard InChI is InChI=1S/C7H2F12O2.ClH/c8-1(9)3(10,11)5(14,15)7(18,19)6(16,17)4(12,13)2(20)21;/h1H,(H,20,21);1H/p-1. The largest absolute Gasteiger partial charge is 1.00 e. The van der Waals surface area contributed by atoms with Crippen molar-refractivity contribution in [1.82, 2.24) is 0 Å². The van der Waals surface area contributed by atoms with E-state index in [9.17, 15) is 57.5 Å². The summed E-state index contributed by atoms with van der Waals surface area (Å²) in [6.45, 7) is 0. The van der Waals surface area contributed by atoms with E-state index in [1.165, 1.54) is 0 Å². The average Bonchev–Trinajstić information content (AvgIpc) is 2.27. The SMILES string of the molecule is O=C(O)C(F)(F)C(F)(F)C(F)(F)C(F)(F)C(F)(F)C(F)F.[Cl-]. The quantitative estimate of drug-likeness (QED) is 0.681. The van der Waals surface area contributed by atoms with Gasteiger partial charge in [-0.2, -0.15) is 43.9 Å². The van der Waals surface area contributed by atoms with E-state index in [2.05, 4.69) is 0 Å². The first-order chi connectivity index (χ1) is 8.89. The number of carboxylic acid groups (broad SMARTS) is 1. The molecule has 0 aromatic rings. The summed E-state index contributed by atoms with van der Waals surface area (Å²) in [5, 5.41) is 7.57. The average molecular weight is 382 g/mol. The molecule has 0 amide bonds. The maximum Gasteiger partial charge on any atom is 0.410 e. The summed E-state index contributed by atoms with van der Waals surface area (Å²) < 4.78 is 148. The van der Waals surface area contributed by atoms with Crippen molar-refractivity contribution in [2.75, 3.05) is 0 Å². The van der Waals surface area contributed by atoms with Crippen molar-refractivity contribution in [3.8, 4) is 0 Å². The molecule has 0 rings (SSSR count). The Balaban J connectivity index is 0. The molecule has 0 aliphatic carbocycles. The second-order valence-electron chi connectivity index (χ2n) is 3.53. The number of rotatable bonds is 6. The highest BCUT2D eigenvalue weighted by Crippen LogP contribution is 2.58. The lowest BCUT2D eigenvalue weighted by atomic mass is 9.94. The van der Waals surface area contributed by atoms with Gasteiger partial charge in [0.1, 0.15) is 0 Å². The van der Waals surface area contributed by atoms with Crippen LogP contribution in [0.2, 0.25) is 0 Å². The van der Waals surface area contributed by atoms with Crippen LogP contribution in [0.5, 0.6) is 0 Å². The van der Waals surface area contributed by atoms with E-state index in [-0.39, 0.29) is 12.4 Å². The molecular formula is C7H2ClF12O2-. The highest BCUT2D eigenvalue weighted by Gasteiger charge is 2.89. The smallest absolute Gasteiger partial charge is 0.410 e. The molecule has 0 aromatic heterocycles. The van der Waals surface area contributed by atoms with Gasteiger partial charge in [0.15, 0.2) is 0 Å². The van der Waals surface area contributed by atoms with Crippen molar-refractivity contribution in [2.24, 2.45) is 0 Å². The van der Waals surface area contributed by atoms with Gasteiger partial charge < -0.3 is 17.5 Å². The minimum absolute atomic E-state index is 0. The van der Waals surface area contributed by atoms with E-state index in [0.29, 0.717) is 0 Å². The van der Waals surface area contributed by atoms with Crippen LogP contribution in [0.3, 0.4) is 0 Å². The van der Waals surface area contributed by atoms with Gasteiger partial charge in [-0.3, -0.25) is 0 Å². The highest BCUT2D eigenvalue weighted by atomic mass is 35.5. The van der Waals surface area contributed by atoms with Gasteiger partial charge in [0.05, 0.1) is 0 Å². The molecule has 0 radical (unpaired) electrons. The van der Waals surface area contributed by atoms with Gasteiger partial charge in [0.2, 0.25) is 0 Å². The van der Waals surface area contributed by atoms with E-state index in [4.69, 9.17) is 5.11 Å². The zero-order valence-electron chi connectivity index (χ0n) is 9.35. The van der Waals surface area contributed by atoms with Crippen molar-refractivity contribution < 1.29 is 75.0 Å². The molecule has 0 aliphatic rings. The molecule has 0 atom stereocenters. The fraction of sp³-hybridized carbons (Fsp3) is 0.857. The number of carbonyl (C=O) groups is 1. The Morgan fingerprint density at radius 1 is 0.727 bits per heavy atom. The van der Waals surface area contributed by atoms with Crippen LogP contribution in [0.15, 0.2) is 0 Å². The maximum absolute atomic E-state index is 12.6. The predicted octanol–water partition coefficient (Wildman–Crippen LogP) is 0.517. The van der Waals surface area contributed by atoms with Crippen molar-refractivity contribution >= 4 is 5.97 Å². The molecule has 134 valence electrons. The predicted molar refractivity (Wildman–Crippen MR) is 38.4 cm³/mol. The molecule has 1 N–H and O–H groups in total. The summed E-state index contributed by atoms with van der Waals surface area (Å²) in [5.41, 5.74) is 0. The van der Waals surface area contributed by atoms with Gasteiger partial charge in [-0.15, -0.1) is 0 Å². The summed E-state index contributed by atoms with van der Waals surface area (Å²) in [7, 11) is 0. The Morgan fingerprint density at radius 2 is 1.05 bits per heavy atom. The number of aliphatic carboxylic acids is 1. The fourth-order valence-corrected chi connectivity index (χ4v) is 0.875. The second-order valence-corrected chi connectivity index (χ2v) is 3.53. The molecule has 0 saturated heterocycles. The summed E-state index contributed by atoms with van der Waals surface area (Å²) in [5.74, 6) is -41.2. The maximum atomic E-state index is 12.6. The molecule has 2 nitrogen and oxygen atoms in total. The number of alkyl halides is 12. The van der Waals surface area contributed by atoms with Crippen molar-refractivity contribution in [1.29, 1.82) is 0 Å². The van der Waals surface area contributed by atoms with Gasteiger partial charge in [-0.05, 0) is 0 Å². The lowest BCUT2D eigenvalue weighted by Crippen LogP contribution is -3.00. The lowest BCUT2D eigenvalue weighted by molar-refractivity contribution is -0.408. The van der Waals surface area contributed by atoms with E-state index in [1.54, 1.807) is 0 Å². The first-order valence-electron chi connectivity index (χ1n) is 4.29. The fourth-order valence-electron chi connectivity index (χ4n) is 0.875. The molecule has 0 unspecified atom stereocenters. The van der Waals surface area contributed by atoms with Crippen LogP contribution in [0.25, 0.3) is 0 Å². The van der Waals surface area contributed by atoms with E-state index in [0.717, 1.165) is 0 Å². The first kappa shape index (κ1) is 23.2. The Hall–Kier alpha value is -1.08. The Kier molecular flexibility index (Phi) is 6.16. The van der Waals surface area contributed by atoms with Crippen LogP contribution in [-0.4, -0.2) is 47.1 Å². The Labute approximate surface area is 118 Å². The molecular weight excluding hydrogens is 380 g/mol. The van der Waals surface area contributed by atoms with Crippen LogP contribution in [0, 0.1) is 0 Å². The summed E-state index contributed by atoms with van der Waals surface area (Å²) in [6, 6.07) is 0. The number of carboxylic acids is 1. The zero-order valence-corrected chi connectivity index (χ0v) is 10.1. The topological polar surface area (TPSA) is 37.3 Å². The van der Waals surface area contributed by atoms with Crippen molar-refractivity contribution in [3.05, 3.63) is 0 Å². The van der Waals surface area contributed by atoms with Gasteiger partial charge >= 0.3 is 42.0 Å². The molecule has 0 saturated carbocycles. The van der Waals surface area contributed by atoms with Crippen molar-refractivity contribution in [2.45, 2.75) is 36.0 Å². The zero-order chi connectivity index (χ0) is 17.7. The lowest BCUT2D eigenvalue weighted by Gasteiger charge is -2.37. The van der Waals surface area contributed by atoms with Crippen LogP contribution in [0.4, 0.5) is 52.7 Å². The summed E-state index contributed by atoms with van der Waals surface area (Å²) >= 11 is 0. The van der Waals surface area contributed by atoms with Crippen LogP contribution >= 0.6 is 0 Å². The normalized spacial score (nSPS) is 14.8. The molecule has 0 aromatic carbocycles. The first-order valence-corrected chi connectivity index (χ1v) is 4.29. The minimum atomic E-state index is -7.80. The molecule has 22 heavy (non-hydrogen) atoms. The molecule has 0 heterocycles. The van der Waals surface area contributed by atoms with Gasteiger partial charge in [-0.25, -0.2) is 13.6 Å². The van der Waals surface area contributed by atoms with Gasteiger partial charge in [0.25, 0.3) is 0 Å². The van der Waals surface area contributed by atoms with E-state index >= 15 is 0 Å². The molecule has 0 aliphatic heterocycles. The highest BCUT2D eigenvalue weighted by molar-refractivity contribution is 5.77. The minimum Gasteiger partial charge on any atom is -1.00 e. The number of hydrogen-bond acceptors (Lipinski definition) is 1. The molecule has 15 heteroatoms. The molecule has 0 spiro atoms. The third-order valence-corrected chi connectivity index (χ3v) is 2.14. The van der Waals surface area contributed by atoms with Crippen LogP contribution in [0.1, 0.15) is 0 Å². The van der Waals surface area contributed by atoms with Gasteiger partial charge in [0, 0.05) is 0 Å². The molecule has 0 fully saturated rings. The summed E-state index contributed by atoms with van der Waals surface area (Å²) in [6.07, 6.45) is -5.62. The number of hydrogen-bond donors (Lipinski definition) is 1.